The summed E-state index contributed by atoms with van der Waals surface area (Å²) < 4.78 is 24.7. The van der Waals surface area contributed by atoms with Crippen molar-refractivity contribution in [2.24, 2.45) is 5.10 Å². The zero-order valence-corrected chi connectivity index (χ0v) is 15.8. The Morgan fingerprint density at radius 2 is 2.04 bits per heavy atom. The molecule has 27 heavy (non-hydrogen) atoms. The van der Waals surface area contributed by atoms with Crippen molar-refractivity contribution < 1.29 is 13.5 Å². The number of hydrogen-bond donors (Lipinski definition) is 2. The second-order valence-corrected chi connectivity index (χ2v) is 6.52. The lowest BCUT2D eigenvalue weighted by atomic mass is 10.1. The van der Waals surface area contributed by atoms with Crippen molar-refractivity contribution >= 4 is 23.5 Å². The molecule has 0 aliphatic carbocycles. The lowest BCUT2D eigenvalue weighted by Gasteiger charge is -2.26. The first-order valence-electron chi connectivity index (χ1n) is 8.94. The summed E-state index contributed by atoms with van der Waals surface area (Å²) in [5.41, 5.74) is 3.17. The third-order valence-electron chi connectivity index (χ3n) is 4.16. The van der Waals surface area contributed by atoms with Gasteiger partial charge in [-0.2, -0.15) is 5.10 Å². The van der Waals surface area contributed by atoms with Crippen LogP contribution < -0.4 is 10.7 Å². The third kappa shape index (κ3) is 6.13. The number of halogens is 1. The van der Waals surface area contributed by atoms with Crippen molar-refractivity contribution in [2.45, 2.75) is 6.42 Å². The van der Waals surface area contributed by atoms with Gasteiger partial charge in [-0.3, -0.25) is 10.3 Å². The molecule has 0 radical (unpaired) electrons. The maximum absolute atomic E-state index is 13.8. The highest BCUT2D eigenvalue weighted by Gasteiger charge is 2.09. The van der Waals surface area contributed by atoms with Crippen molar-refractivity contribution in [3.05, 3.63) is 48.0 Å². The van der Waals surface area contributed by atoms with Crippen LogP contribution in [0.25, 0.3) is 11.3 Å². The van der Waals surface area contributed by atoms with Gasteiger partial charge in [0.2, 0.25) is 0 Å². The van der Waals surface area contributed by atoms with E-state index in [0.717, 1.165) is 45.8 Å². The first kappa shape index (κ1) is 19.5. The average Bonchev–Trinajstić information content (AvgIpc) is 3.15. The largest absolute Gasteiger partial charge is 0.455 e. The smallest absolute Gasteiger partial charge is 0.186 e. The van der Waals surface area contributed by atoms with E-state index in [1.54, 1.807) is 30.3 Å². The maximum atomic E-state index is 13.8. The van der Waals surface area contributed by atoms with Crippen LogP contribution >= 0.6 is 12.2 Å². The van der Waals surface area contributed by atoms with Gasteiger partial charge in [0, 0.05) is 19.6 Å². The lowest BCUT2D eigenvalue weighted by Crippen LogP contribution is -2.39. The molecule has 0 unspecified atom stereocenters. The van der Waals surface area contributed by atoms with Gasteiger partial charge in [-0.05, 0) is 49.4 Å². The van der Waals surface area contributed by atoms with E-state index in [1.807, 2.05) is 0 Å². The molecule has 2 heterocycles. The van der Waals surface area contributed by atoms with Crippen LogP contribution in [-0.4, -0.2) is 55.6 Å². The summed E-state index contributed by atoms with van der Waals surface area (Å²) in [5.74, 6) is 0.644. The molecule has 1 aromatic carbocycles. The molecule has 1 aliphatic heterocycles. The van der Waals surface area contributed by atoms with Crippen molar-refractivity contribution in [2.75, 3.05) is 39.4 Å². The summed E-state index contributed by atoms with van der Waals surface area (Å²) >= 11 is 5.19. The highest BCUT2D eigenvalue weighted by Crippen LogP contribution is 2.24. The van der Waals surface area contributed by atoms with Crippen molar-refractivity contribution in [1.29, 1.82) is 0 Å². The normalized spacial score (nSPS) is 15.1. The van der Waals surface area contributed by atoms with Gasteiger partial charge in [0.1, 0.15) is 17.3 Å². The highest BCUT2D eigenvalue weighted by atomic mass is 32.1. The number of thiocarbonyl (C=S) groups is 1. The molecular weight excluding hydrogens is 367 g/mol. The third-order valence-corrected chi connectivity index (χ3v) is 4.40. The molecule has 0 bridgehead atoms. The van der Waals surface area contributed by atoms with Gasteiger partial charge in [-0.15, -0.1) is 0 Å². The molecule has 0 saturated carbocycles. The average molecular weight is 390 g/mol. The number of morpholine rings is 1. The second kappa shape index (κ2) is 10.1. The summed E-state index contributed by atoms with van der Waals surface area (Å²) in [4.78, 5) is 2.38. The number of benzene rings is 1. The molecule has 8 heteroatoms. The summed E-state index contributed by atoms with van der Waals surface area (Å²) in [6.07, 6.45) is 2.50. The van der Waals surface area contributed by atoms with E-state index < -0.39 is 0 Å². The Kier molecular flexibility index (Phi) is 7.32. The molecule has 1 aliphatic rings. The highest BCUT2D eigenvalue weighted by molar-refractivity contribution is 7.80. The van der Waals surface area contributed by atoms with Crippen LogP contribution in [0.1, 0.15) is 12.2 Å². The minimum Gasteiger partial charge on any atom is -0.455 e. The van der Waals surface area contributed by atoms with Crippen LogP contribution in [0.15, 0.2) is 45.9 Å². The molecule has 0 spiro atoms. The first-order chi connectivity index (χ1) is 13.2. The van der Waals surface area contributed by atoms with Crippen LogP contribution in [0.5, 0.6) is 0 Å². The number of hydrazone groups is 1. The molecule has 1 aromatic heterocycles. The minimum atomic E-state index is -0.323. The second-order valence-electron chi connectivity index (χ2n) is 6.12. The Morgan fingerprint density at radius 1 is 1.22 bits per heavy atom. The van der Waals surface area contributed by atoms with Gasteiger partial charge in [0.25, 0.3) is 0 Å². The molecule has 3 rings (SSSR count). The van der Waals surface area contributed by atoms with E-state index in [1.165, 1.54) is 12.3 Å². The number of furan rings is 1. The van der Waals surface area contributed by atoms with Gasteiger partial charge in [0.15, 0.2) is 5.11 Å². The predicted molar refractivity (Wildman–Crippen MR) is 107 cm³/mol. The van der Waals surface area contributed by atoms with E-state index in [2.05, 4.69) is 20.7 Å². The van der Waals surface area contributed by atoms with Gasteiger partial charge < -0.3 is 14.5 Å². The summed E-state index contributed by atoms with van der Waals surface area (Å²) in [6.45, 7) is 5.40. The number of ether oxygens (including phenoxy) is 1. The standard InChI is InChI=1S/C19H23FN4O2S/c20-17-5-2-1-4-16(17)18-7-6-15(26-18)14-22-23-19(27)21-8-3-9-24-10-12-25-13-11-24/h1-2,4-7,14H,3,8-13H2,(H2,21,23,27)/b22-14-. The minimum absolute atomic E-state index is 0.323. The number of rotatable bonds is 7. The summed E-state index contributed by atoms with van der Waals surface area (Å²) in [6, 6.07) is 9.91. The SMILES string of the molecule is Fc1ccccc1-c1ccc(/C=N\NC(=S)NCCCN2CCOCC2)o1. The zero-order chi connectivity index (χ0) is 18.9. The van der Waals surface area contributed by atoms with Gasteiger partial charge >= 0.3 is 0 Å². The quantitative estimate of drug-likeness (QED) is 0.328. The molecule has 0 atom stereocenters. The van der Waals surface area contributed by atoms with E-state index in [9.17, 15) is 4.39 Å². The van der Waals surface area contributed by atoms with Gasteiger partial charge in [-0.25, -0.2) is 4.39 Å². The molecular formula is C19H23FN4O2S. The lowest BCUT2D eigenvalue weighted by molar-refractivity contribution is 0.0376. The van der Waals surface area contributed by atoms with Crippen LogP contribution in [0.4, 0.5) is 4.39 Å². The first-order valence-corrected chi connectivity index (χ1v) is 9.35. The van der Waals surface area contributed by atoms with Crippen LogP contribution in [0.2, 0.25) is 0 Å². The number of hydrogen-bond acceptors (Lipinski definition) is 5. The molecule has 6 nitrogen and oxygen atoms in total. The Hall–Kier alpha value is -2.29. The number of nitrogens with zero attached hydrogens (tertiary/aromatic N) is 2. The van der Waals surface area contributed by atoms with Crippen LogP contribution in [-0.2, 0) is 4.74 Å². The molecule has 1 saturated heterocycles. The van der Waals surface area contributed by atoms with Crippen molar-refractivity contribution in [1.82, 2.24) is 15.6 Å². The molecule has 0 amide bonds. The fraction of sp³-hybridized carbons (Fsp3) is 0.368. The van der Waals surface area contributed by atoms with E-state index in [4.69, 9.17) is 21.4 Å². The Morgan fingerprint density at radius 3 is 2.85 bits per heavy atom. The number of nitrogens with one attached hydrogen (secondary N) is 2. The van der Waals surface area contributed by atoms with Crippen molar-refractivity contribution in [3.63, 3.8) is 0 Å². The van der Waals surface area contributed by atoms with E-state index in [-0.39, 0.29) is 5.82 Å². The van der Waals surface area contributed by atoms with Gasteiger partial charge in [0.05, 0.1) is 25.0 Å². The van der Waals surface area contributed by atoms with Gasteiger partial charge in [-0.1, -0.05) is 12.1 Å². The van der Waals surface area contributed by atoms with Crippen LogP contribution in [0.3, 0.4) is 0 Å². The monoisotopic (exact) mass is 390 g/mol. The summed E-state index contributed by atoms with van der Waals surface area (Å²) in [5, 5.41) is 7.61. The fourth-order valence-electron chi connectivity index (χ4n) is 2.75. The zero-order valence-electron chi connectivity index (χ0n) is 15.0. The van der Waals surface area contributed by atoms with Crippen LogP contribution in [0, 0.1) is 5.82 Å². The molecule has 1 fully saturated rings. The predicted octanol–water partition coefficient (Wildman–Crippen LogP) is 2.61. The summed E-state index contributed by atoms with van der Waals surface area (Å²) in [7, 11) is 0. The fourth-order valence-corrected chi connectivity index (χ4v) is 2.91. The Labute approximate surface area is 163 Å². The van der Waals surface area contributed by atoms with Crippen molar-refractivity contribution in [3.8, 4) is 11.3 Å². The molecule has 2 N–H and O–H groups in total. The molecule has 2 aromatic rings. The van der Waals surface area contributed by atoms with E-state index >= 15 is 0 Å². The Balaban J connectivity index is 1.37. The molecule has 144 valence electrons. The van der Waals surface area contributed by atoms with E-state index in [0.29, 0.717) is 22.2 Å². The maximum Gasteiger partial charge on any atom is 0.186 e. The topological polar surface area (TPSA) is 62.0 Å². The Bertz CT molecular complexity index is 775.